The predicted octanol–water partition coefficient (Wildman–Crippen LogP) is 1.64. The van der Waals surface area contributed by atoms with E-state index in [-0.39, 0.29) is 24.7 Å². The van der Waals surface area contributed by atoms with E-state index >= 15 is 0 Å². The van der Waals surface area contributed by atoms with Crippen LogP contribution in [0.5, 0.6) is 0 Å². The van der Waals surface area contributed by atoms with E-state index in [0.29, 0.717) is 12.2 Å². The fourth-order valence-corrected chi connectivity index (χ4v) is 2.43. The minimum absolute atomic E-state index is 0.0823. The van der Waals surface area contributed by atoms with Crippen LogP contribution >= 0.6 is 0 Å². The molecule has 1 saturated heterocycles. The first-order valence-corrected chi connectivity index (χ1v) is 7.23. The zero-order chi connectivity index (χ0) is 15.2. The lowest BCUT2D eigenvalue weighted by Crippen LogP contribution is -2.41. The monoisotopic (exact) mass is 287 g/mol. The molecule has 2 rings (SSSR count). The summed E-state index contributed by atoms with van der Waals surface area (Å²) in [5, 5.41) is 11.8. The van der Waals surface area contributed by atoms with Crippen molar-refractivity contribution in [2.24, 2.45) is 0 Å². The van der Waals surface area contributed by atoms with Crippen LogP contribution in [0, 0.1) is 18.8 Å². The third-order valence-corrected chi connectivity index (χ3v) is 3.62. The average molecular weight is 287 g/mol. The molecule has 0 radical (unpaired) electrons. The van der Waals surface area contributed by atoms with Gasteiger partial charge in [-0.3, -0.25) is 4.79 Å². The second-order valence-electron chi connectivity index (χ2n) is 5.37. The molecular weight excluding hydrogens is 266 g/mol. The van der Waals surface area contributed by atoms with Crippen molar-refractivity contribution < 1.29 is 14.6 Å². The highest BCUT2D eigenvalue weighted by atomic mass is 16.5. The molecule has 21 heavy (non-hydrogen) atoms. The van der Waals surface area contributed by atoms with E-state index in [0.717, 1.165) is 24.0 Å². The molecule has 1 heterocycles. The number of hydrogen-bond donors (Lipinski definition) is 2. The normalized spacial score (nSPS) is 21.3. The first kappa shape index (κ1) is 15.6. The zero-order valence-electron chi connectivity index (χ0n) is 12.5. The first-order valence-electron chi connectivity index (χ1n) is 7.23. The fourth-order valence-electron chi connectivity index (χ4n) is 2.43. The van der Waals surface area contributed by atoms with Crippen molar-refractivity contribution in [1.29, 1.82) is 0 Å². The number of carbonyl (C=O) groups excluding carboxylic acids is 1. The molecule has 4 nitrogen and oxygen atoms in total. The van der Waals surface area contributed by atoms with Gasteiger partial charge in [0.05, 0.1) is 6.10 Å². The Labute approximate surface area is 125 Å². The minimum Gasteiger partial charge on any atom is -0.384 e. The number of aliphatic hydroxyl groups excluding tert-OH is 1. The lowest BCUT2D eigenvalue weighted by molar-refractivity contribution is 0.0136. The first-order chi connectivity index (χ1) is 10.1. The highest BCUT2D eigenvalue weighted by molar-refractivity contribution is 5.94. The highest BCUT2D eigenvalue weighted by Crippen LogP contribution is 2.15. The van der Waals surface area contributed by atoms with E-state index in [1.54, 1.807) is 12.1 Å². The Morgan fingerprint density at radius 2 is 2.33 bits per heavy atom. The third-order valence-electron chi connectivity index (χ3n) is 3.62. The van der Waals surface area contributed by atoms with Crippen LogP contribution in [0.25, 0.3) is 0 Å². The van der Waals surface area contributed by atoms with Gasteiger partial charge < -0.3 is 15.2 Å². The molecule has 2 N–H and O–H groups in total. The summed E-state index contributed by atoms with van der Waals surface area (Å²) in [6.07, 6.45) is 1.88. The number of hydrogen-bond acceptors (Lipinski definition) is 3. The Bertz CT molecular complexity index is 571. The third kappa shape index (κ3) is 4.32. The molecule has 0 spiro atoms. The summed E-state index contributed by atoms with van der Waals surface area (Å²) >= 11 is 0. The van der Waals surface area contributed by atoms with Crippen molar-refractivity contribution in [1.82, 2.24) is 5.32 Å². The molecule has 0 bridgehead atoms. The standard InChI is InChI=1S/C17H21NO3/c1-12-5-6-15(11-14(12)4-3-8-19)17(20)18-16-7-9-21-13(2)10-16/h5-6,11,13,16,19H,7-10H2,1-2H3,(H,18,20). The molecule has 0 aliphatic carbocycles. The minimum atomic E-state index is -0.185. The van der Waals surface area contributed by atoms with Gasteiger partial charge in [-0.05, 0) is 44.4 Å². The molecule has 4 heteroatoms. The predicted molar refractivity (Wildman–Crippen MR) is 81.0 cm³/mol. The van der Waals surface area contributed by atoms with E-state index in [9.17, 15) is 4.79 Å². The number of amides is 1. The molecular formula is C17H21NO3. The zero-order valence-corrected chi connectivity index (χ0v) is 12.5. The van der Waals surface area contributed by atoms with Gasteiger partial charge in [-0.1, -0.05) is 17.9 Å². The lowest BCUT2D eigenvalue weighted by atomic mass is 10.0. The quantitative estimate of drug-likeness (QED) is 0.813. The van der Waals surface area contributed by atoms with Crippen molar-refractivity contribution in [3.8, 4) is 11.8 Å². The van der Waals surface area contributed by atoms with Gasteiger partial charge in [-0.2, -0.15) is 0 Å². The van der Waals surface area contributed by atoms with Crippen molar-refractivity contribution in [3.05, 3.63) is 34.9 Å². The lowest BCUT2D eigenvalue weighted by Gasteiger charge is -2.28. The molecule has 2 atom stereocenters. The van der Waals surface area contributed by atoms with Gasteiger partial charge in [0.15, 0.2) is 0 Å². The maximum atomic E-state index is 12.3. The van der Waals surface area contributed by atoms with Crippen molar-refractivity contribution in [2.75, 3.05) is 13.2 Å². The van der Waals surface area contributed by atoms with Gasteiger partial charge in [0, 0.05) is 23.8 Å². The van der Waals surface area contributed by atoms with E-state index < -0.39 is 0 Å². The molecule has 1 aliphatic heterocycles. The Morgan fingerprint density at radius 1 is 1.52 bits per heavy atom. The van der Waals surface area contributed by atoms with E-state index in [1.807, 2.05) is 19.9 Å². The largest absolute Gasteiger partial charge is 0.384 e. The highest BCUT2D eigenvalue weighted by Gasteiger charge is 2.21. The second kappa shape index (κ2) is 7.26. The summed E-state index contributed by atoms with van der Waals surface area (Å²) in [6, 6.07) is 5.62. The van der Waals surface area contributed by atoms with Gasteiger partial charge in [0.25, 0.3) is 5.91 Å². The summed E-state index contributed by atoms with van der Waals surface area (Å²) in [6.45, 7) is 4.46. The van der Waals surface area contributed by atoms with Gasteiger partial charge in [-0.25, -0.2) is 0 Å². The molecule has 0 aromatic heterocycles. The number of ether oxygens (including phenoxy) is 1. The van der Waals surface area contributed by atoms with Crippen molar-refractivity contribution in [2.45, 2.75) is 38.8 Å². The van der Waals surface area contributed by atoms with Crippen LogP contribution in [0.3, 0.4) is 0 Å². The van der Waals surface area contributed by atoms with Gasteiger partial charge in [0.2, 0.25) is 0 Å². The van der Waals surface area contributed by atoms with Crippen LogP contribution in [0.1, 0.15) is 41.3 Å². The van der Waals surface area contributed by atoms with Gasteiger partial charge >= 0.3 is 0 Å². The molecule has 1 aromatic carbocycles. The summed E-state index contributed by atoms with van der Waals surface area (Å²) < 4.78 is 5.48. The molecule has 0 saturated carbocycles. The smallest absolute Gasteiger partial charge is 0.251 e. The Balaban J connectivity index is 2.08. The van der Waals surface area contributed by atoms with Gasteiger partial charge in [0.1, 0.15) is 6.61 Å². The topological polar surface area (TPSA) is 58.6 Å². The second-order valence-corrected chi connectivity index (χ2v) is 5.37. The van der Waals surface area contributed by atoms with Crippen molar-refractivity contribution >= 4 is 5.91 Å². The summed E-state index contributed by atoms with van der Waals surface area (Å²) in [7, 11) is 0. The number of rotatable bonds is 2. The van der Waals surface area contributed by atoms with Crippen LogP contribution in [0.15, 0.2) is 18.2 Å². The Hall–Kier alpha value is -1.83. The fraction of sp³-hybridized carbons (Fsp3) is 0.471. The Morgan fingerprint density at radius 3 is 3.05 bits per heavy atom. The number of nitrogens with one attached hydrogen (secondary N) is 1. The molecule has 2 unspecified atom stereocenters. The summed E-state index contributed by atoms with van der Waals surface area (Å²) in [4.78, 5) is 12.3. The summed E-state index contributed by atoms with van der Waals surface area (Å²) in [5.74, 6) is 5.40. The molecule has 1 aromatic rings. The number of aryl methyl sites for hydroxylation is 1. The maximum Gasteiger partial charge on any atom is 0.251 e. The van der Waals surface area contributed by atoms with Gasteiger partial charge in [-0.15, -0.1) is 0 Å². The van der Waals surface area contributed by atoms with Crippen LogP contribution in [0.2, 0.25) is 0 Å². The molecule has 112 valence electrons. The van der Waals surface area contributed by atoms with Crippen molar-refractivity contribution in [3.63, 3.8) is 0 Å². The van der Waals surface area contributed by atoms with Crippen LogP contribution in [-0.4, -0.2) is 36.4 Å². The van der Waals surface area contributed by atoms with E-state index in [4.69, 9.17) is 9.84 Å². The average Bonchev–Trinajstić information content (AvgIpc) is 2.46. The SMILES string of the molecule is Cc1ccc(C(=O)NC2CCOC(C)C2)cc1C#CCO. The van der Waals surface area contributed by atoms with Crippen LogP contribution in [-0.2, 0) is 4.74 Å². The maximum absolute atomic E-state index is 12.3. The molecule has 1 amide bonds. The number of benzene rings is 1. The van der Waals surface area contributed by atoms with Crippen LogP contribution < -0.4 is 5.32 Å². The van der Waals surface area contributed by atoms with Crippen LogP contribution in [0.4, 0.5) is 0 Å². The molecule has 1 aliphatic rings. The van der Waals surface area contributed by atoms with E-state index in [2.05, 4.69) is 17.2 Å². The summed E-state index contributed by atoms with van der Waals surface area (Å²) in [5.41, 5.74) is 2.37. The molecule has 1 fully saturated rings. The van der Waals surface area contributed by atoms with E-state index in [1.165, 1.54) is 0 Å². The Kier molecular flexibility index (Phi) is 5.38. The number of carbonyl (C=O) groups is 1. The number of aliphatic hydroxyl groups is 1.